The molecule has 0 aliphatic carbocycles. The third-order valence-electron chi connectivity index (χ3n) is 3.03. The van der Waals surface area contributed by atoms with E-state index in [1.165, 1.54) is 0 Å². The van der Waals surface area contributed by atoms with Crippen molar-refractivity contribution in [3.8, 4) is 0 Å². The number of hydrogen-bond acceptors (Lipinski definition) is 4. The summed E-state index contributed by atoms with van der Waals surface area (Å²) in [6.07, 6.45) is 0. The summed E-state index contributed by atoms with van der Waals surface area (Å²) < 4.78 is 1.04. The zero-order chi connectivity index (χ0) is 15.0. The van der Waals surface area contributed by atoms with Crippen molar-refractivity contribution >= 4 is 61.2 Å². The number of nitrogens with two attached hydrogens (primary N) is 1. The lowest BCUT2D eigenvalue weighted by atomic mass is 10.1. The molecule has 0 atom stereocenters. The average molecular weight is 334 g/mol. The number of aryl methyl sites for hydroxylation is 1. The first-order valence-electron chi connectivity index (χ1n) is 6.26. The van der Waals surface area contributed by atoms with Gasteiger partial charge in [0, 0.05) is 10.6 Å². The second kappa shape index (κ2) is 5.60. The summed E-state index contributed by atoms with van der Waals surface area (Å²) in [4.78, 5) is 4.91. The van der Waals surface area contributed by atoms with Crippen molar-refractivity contribution in [2.45, 2.75) is 6.92 Å². The minimum Gasteiger partial charge on any atom is -0.389 e. The van der Waals surface area contributed by atoms with Gasteiger partial charge >= 0.3 is 0 Å². The van der Waals surface area contributed by atoms with Crippen LogP contribution in [0.2, 0.25) is 5.02 Å². The maximum absolute atomic E-state index is 6.00. The minimum absolute atomic E-state index is 0.363. The number of benzene rings is 2. The predicted octanol–water partition coefficient (Wildman–Crippen LogP) is 4.64. The second-order valence-corrected chi connectivity index (χ2v) is 6.58. The van der Waals surface area contributed by atoms with Gasteiger partial charge in [0.15, 0.2) is 5.13 Å². The van der Waals surface area contributed by atoms with Crippen molar-refractivity contribution in [3.05, 3.63) is 52.5 Å². The van der Waals surface area contributed by atoms with Crippen molar-refractivity contribution in [2.24, 2.45) is 5.73 Å². The zero-order valence-electron chi connectivity index (χ0n) is 11.2. The normalized spacial score (nSPS) is 10.8. The summed E-state index contributed by atoms with van der Waals surface area (Å²) in [7, 11) is 0. The third-order valence-corrected chi connectivity index (χ3v) is 4.42. The molecule has 0 unspecified atom stereocenters. The molecule has 2 aromatic carbocycles. The van der Waals surface area contributed by atoms with Crippen molar-refractivity contribution in [3.63, 3.8) is 0 Å². The summed E-state index contributed by atoms with van der Waals surface area (Å²) in [6, 6.07) is 11.6. The van der Waals surface area contributed by atoms with E-state index in [0.717, 1.165) is 32.2 Å². The van der Waals surface area contributed by atoms with Gasteiger partial charge in [-0.2, -0.15) is 0 Å². The highest BCUT2D eigenvalue weighted by molar-refractivity contribution is 7.80. The van der Waals surface area contributed by atoms with E-state index in [1.807, 2.05) is 43.3 Å². The summed E-state index contributed by atoms with van der Waals surface area (Å²) in [6.45, 7) is 2.02. The molecular weight excluding hydrogens is 322 g/mol. The number of rotatable bonds is 3. The van der Waals surface area contributed by atoms with Gasteiger partial charge < -0.3 is 11.1 Å². The smallest absolute Gasteiger partial charge is 0.188 e. The van der Waals surface area contributed by atoms with Gasteiger partial charge in [-0.3, -0.25) is 0 Å². The van der Waals surface area contributed by atoms with Gasteiger partial charge in [-0.05, 0) is 42.8 Å². The van der Waals surface area contributed by atoms with E-state index in [9.17, 15) is 0 Å². The van der Waals surface area contributed by atoms with Crippen molar-refractivity contribution < 1.29 is 0 Å². The van der Waals surface area contributed by atoms with Crippen LogP contribution in [-0.4, -0.2) is 9.97 Å². The quantitative estimate of drug-likeness (QED) is 0.686. The first kappa shape index (κ1) is 14.3. The molecule has 21 heavy (non-hydrogen) atoms. The molecule has 3 nitrogen and oxygen atoms in total. The Kier molecular flexibility index (Phi) is 3.80. The van der Waals surface area contributed by atoms with Gasteiger partial charge in [-0.15, -0.1) is 0 Å². The molecule has 3 rings (SSSR count). The van der Waals surface area contributed by atoms with Crippen molar-refractivity contribution in [1.29, 1.82) is 0 Å². The van der Waals surface area contributed by atoms with Crippen LogP contribution in [0.15, 0.2) is 36.4 Å². The van der Waals surface area contributed by atoms with Crippen LogP contribution < -0.4 is 11.1 Å². The predicted molar refractivity (Wildman–Crippen MR) is 95.0 cm³/mol. The molecule has 0 aliphatic rings. The van der Waals surface area contributed by atoms with Crippen LogP contribution in [0.5, 0.6) is 0 Å². The number of thiocarbonyl (C=S) groups is 1. The fourth-order valence-corrected chi connectivity index (χ4v) is 3.38. The fourth-order valence-electron chi connectivity index (χ4n) is 2.04. The lowest BCUT2D eigenvalue weighted by molar-refractivity contribution is 1.40. The summed E-state index contributed by atoms with van der Waals surface area (Å²) in [5.74, 6) is 0. The Balaban J connectivity index is 2.02. The Bertz CT molecular complexity index is 842. The Hall–Kier alpha value is -1.69. The van der Waals surface area contributed by atoms with Gasteiger partial charge in [-0.25, -0.2) is 4.98 Å². The number of fused-ring (bicyclic) bond motifs is 1. The van der Waals surface area contributed by atoms with E-state index in [4.69, 9.17) is 29.6 Å². The molecule has 0 fully saturated rings. The number of thiazole rings is 1. The molecule has 0 aliphatic heterocycles. The Morgan fingerprint density at radius 1 is 1.29 bits per heavy atom. The van der Waals surface area contributed by atoms with Crippen LogP contribution in [0, 0.1) is 6.92 Å². The molecule has 1 heterocycles. The molecule has 3 aromatic rings. The molecule has 6 heteroatoms. The van der Waals surface area contributed by atoms with E-state index >= 15 is 0 Å². The third kappa shape index (κ3) is 3.00. The van der Waals surface area contributed by atoms with E-state index < -0.39 is 0 Å². The molecule has 0 radical (unpaired) electrons. The Morgan fingerprint density at radius 3 is 2.86 bits per heavy atom. The van der Waals surface area contributed by atoms with Crippen molar-refractivity contribution in [1.82, 2.24) is 4.98 Å². The number of aromatic nitrogens is 1. The lowest BCUT2D eigenvalue weighted by Gasteiger charge is -2.09. The van der Waals surface area contributed by atoms with Crippen molar-refractivity contribution in [2.75, 3.05) is 5.32 Å². The maximum atomic E-state index is 6.00. The Labute approximate surface area is 136 Å². The highest BCUT2D eigenvalue weighted by Gasteiger charge is 2.09. The molecule has 0 saturated heterocycles. The van der Waals surface area contributed by atoms with Crippen LogP contribution >= 0.6 is 35.2 Å². The second-order valence-electron chi connectivity index (χ2n) is 4.67. The van der Waals surface area contributed by atoms with Crippen LogP contribution in [0.1, 0.15) is 11.1 Å². The van der Waals surface area contributed by atoms with E-state index in [-0.39, 0.29) is 0 Å². The first-order valence-corrected chi connectivity index (χ1v) is 7.87. The molecule has 0 spiro atoms. The number of nitrogens with zero attached hydrogens (tertiary/aromatic N) is 1. The van der Waals surface area contributed by atoms with E-state index in [1.54, 1.807) is 11.3 Å². The average Bonchev–Trinajstić information content (AvgIpc) is 2.79. The summed E-state index contributed by atoms with van der Waals surface area (Å²) in [5, 5.41) is 4.79. The van der Waals surface area contributed by atoms with Gasteiger partial charge in [0.05, 0.1) is 15.9 Å². The molecular formula is C15H12ClN3S2. The SMILES string of the molecule is Cc1ccc(C(N)=S)c(Nc2nc3ccc(Cl)cc3s2)c1. The number of nitrogens with one attached hydrogen (secondary N) is 1. The fraction of sp³-hybridized carbons (Fsp3) is 0.0667. The molecule has 0 amide bonds. The van der Waals surface area contributed by atoms with Crippen LogP contribution in [0.3, 0.4) is 0 Å². The zero-order valence-corrected chi connectivity index (χ0v) is 13.6. The molecule has 0 saturated carbocycles. The summed E-state index contributed by atoms with van der Waals surface area (Å²) >= 11 is 12.6. The molecule has 0 bridgehead atoms. The molecule has 3 N–H and O–H groups in total. The lowest BCUT2D eigenvalue weighted by Crippen LogP contribution is -2.12. The number of hydrogen-bond donors (Lipinski definition) is 2. The Morgan fingerprint density at radius 2 is 2.10 bits per heavy atom. The maximum Gasteiger partial charge on any atom is 0.188 e. The highest BCUT2D eigenvalue weighted by Crippen LogP contribution is 2.31. The largest absolute Gasteiger partial charge is 0.389 e. The van der Waals surface area contributed by atoms with E-state index in [0.29, 0.717) is 10.0 Å². The number of anilines is 2. The van der Waals surface area contributed by atoms with Gasteiger partial charge in [0.1, 0.15) is 4.99 Å². The minimum atomic E-state index is 0.363. The topological polar surface area (TPSA) is 50.9 Å². The number of halogens is 1. The standard InChI is InChI=1S/C15H12ClN3S2/c1-8-2-4-10(14(17)20)12(6-8)19-15-18-11-5-3-9(16)7-13(11)21-15/h2-7H,1H3,(H2,17,20)(H,18,19). The van der Waals surface area contributed by atoms with Crippen LogP contribution in [0.4, 0.5) is 10.8 Å². The van der Waals surface area contributed by atoms with Crippen LogP contribution in [0.25, 0.3) is 10.2 Å². The van der Waals surface area contributed by atoms with Gasteiger partial charge in [-0.1, -0.05) is 41.2 Å². The monoisotopic (exact) mass is 333 g/mol. The van der Waals surface area contributed by atoms with E-state index in [2.05, 4.69) is 10.3 Å². The van der Waals surface area contributed by atoms with Gasteiger partial charge in [0.25, 0.3) is 0 Å². The molecule has 106 valence electrons. The first-order chi connectivity index (χ1) is 10.0. The summed E-state index contributed by atoms with van der Waals surface area (Å²) in [5.41, 5.74) is 9.49. The van der Waals surface area contributed by atoms with Crippen LogP contribution in [-0.2, 0) is 0 Å². The highest BCUT2D eigenvalue weighted by atomic mass is 35.5. The molecule has 1 aromatic heterocycles. The van der Waals surface area contributed by atoms with Gasteiger partial charge in [0.2, 0.25) is 0 Å².